The standard InChI is InChI=1S/C16H18BrNO4S/c1-15(2)11(12(20)22-8-10-6-4-3-5-7-10)18-13(21)16(17,9-19)14(18)23-15/h3-7,11,14,19H,8-9H2,1-2H3/t11-,14+,16-/m0/s1. The zero-order chi connectivity index (χ0) is 16.8. The lowest BCUT2D eigenvalue weighted by Gasteiger charge is -2.49. The topological polar surface area (TPSA) is 66.8 Å². The van der Waals surface area contributed by atoms with Gasteiger partial charge in [-0.3, -0.25) is 4.79 Å². The van der Waals surface area contributed by atoms with Crippen molar-refractivity contribution >= 4 is 39.6 Å². The fourth-order valence-electron chi connectivity index (χ4n) is 3.02. The number of halogens is 1. The van der Waals surface area contributed by atoms with Crippen LogP contribution in [0.25, 0.3) is 0 Å². The third-order valence-electron chi connectivity index (χ3n) is 4.26. The molecule has 0 unspecified atom stereocenters. The molecule has 2 heterocycles. The SMILES string of the molecule is CC1(C)S[C@H]2N(C(=O)[C@@]2(Br)CO)[C@H]1C(=O)OCc1ccccc1. The number of benzene rings is 1. The summed E-state index contributed by atoms with van der Waals surface area (Å²) in [6.45, 7) is 3.73. The van der Waals surface area contributed by atoms with Gasteiger partial charge in [0.25, 0.3) is 0 Å². The van der Waals surface area contributed by atoms with Gasteiger partial charge in [-0.1, -0.05) is 46.3 Å². The van der Waals surface area contributed by atoms with Crippen LogP contribution in [0, 0.1) is 0 Å². The molecule has 0 radical (unpaired) electrons. The van der Waals surface area contributed by atoms with Gasteiger partial charge in [-0.2, -0.15) is 0 Å². The van der Waals surface area contributed by atoms with Crippen LogP contribution < -0.4 is 0 Å². The van der Waals surface area contributed by atoms with Crippen LogP contribution in [0.1, 0.15) is 19.4 Å². The highest BCUT2D eigenvalue weighted by molar-refractivity contribution is 9.10. The summed E-state index contributed by atoms with van der Waals surface area (Å²) in [7, 11) is 0. The predicted octanol–water partition coefficient (Wildman–Crippen LogP) is 1.92. The molecule has 0 spiro atoms. The molecule has 1 amide bonds. The third-order valence-corrected chi connectivity index (χ3v) is 7.27. The second-order valence-electron chi connectivity index (χ2n) is 6.30. The molecule has 3 atom stereocenters. The number of fused-ring (bicyclic) bond motifs is 1. The molecule has 2 aliphatic rings. The Bertz CT molecular complexity index is 638. The van der Waals surface area contributed by atoms with Gasteiger partial charge in [-0.05, 0) is 19.4 Å². The molecule has 3 rings (SSSR count). The van der Waals surface area contributed by atoms with Gasteiger partial charge in [0.1, 0.15) is 18.0 Å². The molecule has 1 aromatic carbocycles. The summed E-state index contributed by atoms with van der Waals surface area (Å²) < 4.78 is 3.97. The summed E-state index contributed by atoms with van der Waals surface area (Å²) in [6.07, 6.45) is 0. The van der Waals surface area contributed by atoms with Crippen molar-refractivity contribution in [2.24, 2.45) is 0 Å². The molecule has 7 heteroatoms. The minimum absolute atomic E-state index is 0.184. The van der Waals surface area contributed by atoms with Crippen LogP contribution in [0.2, 0.25) is 0 Å². The summed E-state index contributed by atoms with van der Waals surface area (Å²) in [4.78, 5) is 26.5. The lowest BCUT2D eigenvalue weighted by atomic mass is 9.92. The molecule has 0 aromatic heterocycles. The Kier molecular flexibility index (Phi) is 4.23. The second-order valence-corrected chi connectivity index (χ2v) is 9.45. The van der Waals surface area contributed by atoms with E-state index in [1.807, 2.05) is 44.2 Å². The maximum Gasteiger partial charge on any atom is 0.330 e. The van der Waals surface area contributed by atoms with E-state index in [1.165, 1.54) is 16.7 Å². The number of carbonyl (C=O) groups excluding carboxylic acids is 2. The van der Waals surface area contributed by atoms with Crippen LogP contribution in [0.5, 0.6) is 0 Å². The van der Waals surface area contributed by atoms with E-state index in [9.17, 15) is 14.7 Å². The van der Waals surface area contributed by atoms with Crippen molar-refractivity contribution in [3.63, 3.8) is 0 Å². The average molecular weight is 400 g/mol. The first-order chi connectivity index (χ1) is 10.8. The van der Waals surface area contributed by atoms with E-state index < -0.39 is 21.1 Å². The van der Waals surface area contributed by atoms with Crippen molar-refractivity contribution < 1.29 is 19.4 Å². The maximum absolute atomic E-state index is 12.6. The number of hydrogen-bond donors (Lipinski definition) is 1. The molecule has 2 saturated heterocycles. The zero-order valence-electron chi connectivity index (χ0n) is 12.9. The van der Waals surface area contributed by atoms with Gasteiger partial charge in [0.05, 0.1) is 6.61 Å². The van der Waals surface area contributed by atoms with E-state index in [0.29, 0.717) is 0 Å². The Labute approximate surface area is 147 Å². The lowest BCUT2D eigenvalue weighted by Crippen LogP contribution is -2.72. The minimum atomic E-state index is -0.983. The van der Waals surface area contributed by atoms with Crippen molar-refractivity contribution in [3.05, 3.63) is 35.9 Å². The van der Waals surface area contributed by atoms with E-state index in [1.54, 1.807) is 0 Å². The number of aliphatic hydroxyl groups is 1. The van der Waals surface area contributed by atoms with Crippen LogP contribution in [0.4, 0.5) is 0 Å². The number of hydrogen-bond acceptors (Lipinski definition) is 5. The van der Waals surface area contributed by atoms with E-state index >= 15 is 0 Å². The highest BCUT2D eigenvalue weighted by atomic mass is 79.9. The number of amides is 1. The van der Waals surface area contributed by atoms with Gasteiger partial charge in [0.2, 0.25) is 5.91 Å². The Hall–Kier alpha value is -1.05. The van der Waals surface area contributed by atoms with Gasteiger partial charge in [0, 0.05) is 4.75 Å². The minimum Gasteiger partial charge on any atom is -0.459 e. The van der Waals surface area contributed by atoms with Crippen LogP contribution >= 0.6 is 27.7 Å². The molecule has 2 aliphatic heterocycles. The molecule has 1 aromatic rings. The summed E-state index contributed by atoms with van der Waals surface area (Å²) in [5, 5.41) is 9.23. The van der Waals surface area contributed by atoms with E-state index in [2.05, 4.69) is 15.9 Å². The Morgan fingerprint density at radius 2 is 2.04 bits per heavy atom. The quantitative estimate of drug-likeness (QED) is 0.475. The van der Waals surface area contributed by atoms with Crippen molar-refractivity contribution in [3.8, 4) is 0 Å². The van der Waals surface area contributed by atoms with E-state index in [0.717, 1.165) is 5.56 Å². The first kappa shape index (κ1) is 16.8. The van der Waals surface area contributed by atoms with Gasteiger partial charge in [-0.25, -0.2) is 4.79 Å². The summed E-state index contributed by atoms with van der Waals surface area (Å²) in [6, 6.07) is 8.78. The summed E-state index contributed by atoms with van der Waals surface area (Å²) in [5.41, 5.74) is 0.904. The molecule has 0 saturated carbocycles. The smallest absolute Gasteiger partial charge is 0.330 e. The van der Waals surface area contributed by atoms with Gasteiger partial charge in [0.15, 0.2) is 4.32 Å². The summed E-state index contributed by atoms with van der Waals surface area (Å²) >= 11 is 4.84. The second kappa shape index (κ2) is 5.79. The first-order valence-electron chi connectivity index (χ1n) is 7.32. The number of rotatable bonds is 4. The normalized spacial score (nSPS) is 31.5. The first-order valence-corrected chi connectivity index (χ1v) is 8.99. The van der Waals surface area contributed by atoms with Crippen molar-refractivity contribution in [1.82, 2.24) is 4.90 Å². The molecule has 0 aliphatic carbocycles. The van der Waals surface area contributed by atoms with Gasteiger partial charge < -0.3 is 14.7 Å². The van der Waals surface area contributed by atoms with Gasteiger partial charge >= 0.3 is 5.97 Å². The number of thioether (sulfide) groups is 1. The van der Waals surface area contributed by atoms with Crippen molar-refractivity contribution in [1.29, 1.82) is 0 Å². The van der Waals surface area contributed by atoms with E-state index in [4.69, 9.17) is 4.74 Å². The number of carbonyl (C=O) groups is 2. The molecule has 5 nitrogen and oxygen atoms in total. The lowest BCUT2D eigenvalue weighted by molar-refractivity contribution is -0.166. The Morgan fingerprint density at radius 3 is 2.65 bits per heavy atom. The number of aliphatic hydroxyl groups excluding tert-OH is 1. The predicted molar refractivity (Wildman–Crippen MR) is 91.1 cm³/mol. The largest absolute Gasteiger partial charge is 0.459 e. The van der Waals surface area contributed by atoms with Gasteiger partial charge in [-0.15, -0.1) is 11.8 Å². The molecule has 1 N–H and O–H groups in total. The highest BCUT2D eigenvalue weighted by Gasteiger charge is 2.70. The monoisotopic (exact) mass is 399 g/mol. The van der Waals surface area contributed by atoms with Crippen molar-refractivity contribution in [2.75, 3.05) is 6.61 Å². The third kappa shape index (κ3) is 2.58. The Morgan fingerprint density at radius 1 is 1.39 bits per heavy atom. The average Bonchev–Trinajstić information content (AvgIpc) is 2.82. The number of ether oxygens (including phenoxy) is 1. The fourth-order valence-corrected chi connectivity index (χ4v) is 5.33. The van der Waals surface area contributed by atoms with Crippen LogP contribution in [0.15, 0.2) is 30.3 Å². The number of β-lactam (4-membered cyclic amide) rings is 1. The molecule has 124 valence electrons. The molecular formula is C16H18BrNO4S. The highest BCUT2D eigenvalue weighted by Crippen LogP contribution is 2.57. The summed E-state index contributed by atoms with van der Waals surface area (Å²) in [5.74, 6) is -0.667. The van der Waals surface area contributed by atoms with E-state index in [-0.39, 0.29) is 24.5 Å². The number of nitrogens with zero attached hydrogens (tertiary/aromatic N) is 1. The number of esters is 1. The number of alkyl halides is 1. The zero-order valence-corrected chi connectivity index (χ0v) is 15.3. The molecule has 23 heavy (non-hydrogen) atoms. The van der Waals surface area contributed by atoms with Crippen LogP contribution in [0.3, 0.4) is 0 Å². The van der Waals surface area contributed by atoms with Crippen LogP contribution in [-0.2, 0) is 20.9 Å². The maximum atomic E-state index is 12.6. The fraction of sp³-hybridized carbons (Fsp3) is 0.500. The molecule has 2 fully saturated rings. The van der Waals surface area contributed by atoms with Crippen LogP contribution in [-0.4, -0.2) is 49.0 Å². The Balaban J connectivity index is 1.74. The molecule has 0 bridgehead atoms. The van der Waals surface area contributed by atoms with Crippen molar-refractivity contribution in [2.45, 2.75) is 40.9 Å². The molecular weight excluding hydrogens is 382 g/mol.